The van der Waals surface area contributed by atoms with Gasteiger partial charge in [0.2, 0.25) is 0 Å². The molecule has 4 rings (SSSR count). The summed E-state index contributed by atoms with van der Waals surface area (Å²) >= 11 is 0. The van der Waals surface area contributed by atoms with E-state index in [1.54, 1.807) is 23.2 Å². The molecule has 3 heterocycles. The van der Waals surface area contributed by atoms with Crippen molar-refractivity contribution in [2.24, 2.45) is 14.1 Å². The Kier molecular flexibility index (Phi) is 2.42. The fourth-order valence-electron chi connectivity index (χ4n) is 3.03. The molecule has 3 aromatic rings. The highest BCUT2D eigenvalue weighted by Crippen LogP contribution is 2.30. The minimum absolute atomic E-state index is 0.0801. The Labute approximate surface area is 121 Å². The van der Waals surface area contributed by atoms with Gasteiger partial charge in [-0.25, -0.2) is 14.8 Å². The molecule has 0 unspecified atom stereocenters. The molecular weight excluding hydrogens is 266 g/mol. The van der Waals surface area contributed by atoms with Crippen LogP contribution in [-0.2, 0) is 27.2 Å². The fraction of sp³-hybridized carbons (Fsp3) is 0.267. The number of nitrogens with zero attached hydrogens (tertiary/aromatic N) is 5. The molecule has 0 amide bonds. The van der Waals surface area contributed by atoms with Crippen LogP contribution in [0.2, 0.25) is 0 Å². The van der Waals surface area contributed by atoms with Crippen LogP contribution in [0.4, 0.5) is 5.82 Å². The fourth-order valence-corrected chi connectivity index (χ4v) is 3.03. The summed E-state index contributed by atoms with van der Waals surface area (Å²) in [5.41, 5.74) is 4.00. The number of hydrogen-bond donors (Lipinski definition) is 0. The van der Waals surface area contributed by atoms with Crippen LogP contribution < -0.4 is 10.6 Å². The topological polar surface area (TPSA) is 56.0 Å². The van der Waals surface area contributed by atoms with E-state index in [4.69, 9.17) is 0 Å². The predicted molar refractivity (Wildman–Crippen MR) is 80.1 cm³/mol. The smallest absolute Gasteiger partial charge is 0.329 e. The van der Waals surface area contributed by atoms with Crippen molar-refractivity contribution in [2.45, 2.75) is 13.1 Å². The van der Waals surface area contributed by atoms with E-state index in [-0.39, 0.29) is 5.69 Å². The van der Waals surface area contributed by atoms with E-state index < -0.39 is 0 Å². The number of hydrogen-bond acceptors (Lipinski definition) is 4. The molecule has 1 aliphatic rings. The van der Waals surface area contributed by atoms with E-state index in [2.05, 4.69) is 39.1 Å². The zero-order valence-electron chi connectivity index (χ0n) is 11.9. The van der Waals surface area contributed by atoms with Crippen LogP contribution in [0.25, 0.3) is 11.2 Å². The van der Waals surface area contributed by atoms with Gasteiger partial charge in [-0.2, -0.15) is 0 Å². The van der Waals surface area contributed by atoms with E-state index in [0.29, 0.717) is 5.65 Å². The van der Waals surface area contributed by atoms with Gasteiger partial charge in [-0.05, 0) is 11.1 Å². The number of aryl methyl sites for hydroxylation is 2. The SMILES string of the molecule is Cn1c(=O)n(C)c2c(N3Cc4ccccc4C3)ncnc21. The summed E-state index contributed by atoms with van der Waals surface area (Å²) in [5.74, 6) is 0.816. The first-order valence-corrected chi connectivity index (χ1v) is 6.85. The molecule has 0 atom stereocenters. The first kappa shape index (κ1) is 12.1. The summed E-state index contributed by atoms with van der Waals surface area (Å²) in [5, 5.41) is 0. The van der Waals surface area contributed by atoms with Gasteiger partial charge in [-0.15, -0.1) is 0 Å². The van der Waals surface area contributed by atoms with Crippen LogP contribution in [0.3, 0.4) is 0 Å². The average molecular weight is 281 g/mol. The van der Waals surface area contributed by atoms with E-state index in [1.807, 2.05) is 0 Å². The lowest BCUT2D eigenvalue weighted by molar-refractivity contribution is 0.789. The van der Waals surface area contributed by atoms with Crippen LogP contribution in [0.5, 0.6) is 0 Å². The second-order valence-electron chi connectivity index (χ2n) is 5.39. The highest BCUT2D eigenvalue weighted by molar-refractivity contribution is 5.84. The van der Waals surface area contributed by atoms with Gasteiger partial charge >= 0.3 is 5.69 Å². The highest BCUT2D eigenvalue weighted by Gasteiger charge is 2.24. The quantitative estimate of drug-likeness (QED) is 0.672. The molecule has 1 aliphatic heterocycles. The minimum Gasteiger partial charge on any atom is -0.346 e. The average Bonchev–Trinajstić information content (AvgIpc) is 3.03. The van der Waals surface area contributed by atoms with Crippen LogP contribution >= 0.6 is 0 Å². The van der Waals surface area contributed by atoms with Crippen molar-refractivity contribution in [3.63, 3.8) is 0 Å². The number of benzene rings is 1. The van der Waals surface area contributed by atoms with Crippen molar-refractivity contribution in [3.05, 3.63) is 52.2 Å². The van der Waals surface area contributed by atoms with Crippen LogP contribution in [0.15, 0.2) is 35.4 Å². The molecule has 21 heavy (non-hydrogen) atoms. The summed E-state index contributed by atoms with van der Waals surface area (Å²) in [7, 11) is 3.50. The lowest BCUT2D eigenvalue weighted by atomic mass is 10.1. The summed E-state index contributed by atoms with van der Waals surface area (Å²) < 4.78 is 3.18. The van der Waals surface area contributed by atoms with Gasteiger partial charge in [0.25, 0.3) is 0 Å². The van der Waals surface area contributed by atoms with Crippen molar-refractivity contribution >= 4 is 17.0 Å². The summed E-state index contributed by atoms with van der Waals surface area (Å²) in [6, 6.07) is 8.38. The predicted octanol–water partition coefficient (Wildman–Crippen LogP) is 1.19. The Balaban J connectivity index is 1.90. The number of aromatic nitrogens is 4. The molecular formula is C15H15N5O. The van der Waals surface area contributed by atoms with Gasteiger partial charge in [-0.1, -0.05) is 24.3 Å². The lowest BCUT2D eigenvalue weighted by Crippen LogP contribution is -2.20. The van der Waals surface area contributed by atoms with Gasteiger partial charge in [0.15, 0.2) is 11.5 Å². The molecule has 6 nitrogen and oxygen atoms in total. The minimum atomic E-state index is -0.0801. The van der Waals surface area contributed by atoms with E-state index >= 15 is 0 Å². The highest BCUT2D eigenvalue weighted by atomic mass is 16.1. The normalized spacial score (nSPS) is 13.9. The van der Waals surface area contributed by atoms with Crippen LogP contribution in [-0.4, -0.2) is 19.1 Å². The van der Waals surface area contributed by atoms with Gasteiger partial charge in [0, 0.05) is 27.2 Å². The molecule has 6 heteroatoms. The third kappa shape index (κ3) is 1.62. The summed E-state index contributed by atoms with van der Waals surface area (Å²) in [6.45, 7) is 1.62. The zero-order valence-corrected chi connectivity index (χ0v) is 11.9. The zero-order chi connectivity index (χ0) is 14.6. The molecule has 0 aliphatic carbocycles. The Bertz CT molecular complexity index is 883. The monoisotopic (exact) mass is 281 g/mol. The maximum atomic E-state index is 12.1. The number of imidazole rings is 1. The number of rotatable bonds is 1. The maximum absolute atomic E-state index is 12.1. The third-order valence-electron chi connectivity index (χ3n) is 4.15. The molecule has 0 radical (unpaired) electrons. The molecule has 0 N–H and O–H groups in total. The summed E-state index contributed by atoms with van der Waals surface area (Å²) in [4.78, 5) is 23.0. The third-order valence-corrected chi connectivity index (χ3v) is 4.15. The standard InChI is InChI=1S/C15H15N5O/c1-18-12-13(19(2)15(18)21)16-9-17-14(12)20-7-10-5-3-4-6-11(10)8-20/h3-6,9H,7-8H2,1-2H3. The van der Waals surface area contributed by atoms with Crippen molar-refractivity contribution in [1.29, 1.82) is 0 Å². The van der Waals surface area contributed by atoms with Crippen LogP contribution in [0, 0.1) is 0 Å². The molecule has 1 aromatic carbocycles. The molecule has 0 fully saturated rings. The number of anilines is 1. The van der Waals surface area contributed by atoms with Crippen molar-refractivity contribution in [1.82, 2.24) is 19.1 Å². The molecule has 106 valence electrons. The van der Waals surface area contributed by atoms with Crippen molar-refractivity contribution < 1.29 is 0 Å². The summed E-state index contributed by atoms with van der Waals surface area (Å²) in [6.07, 6.45) is 1.53. The first-order valence-electron chi connectivity index (χ1n) is 6.85. The molecule has 0 saturated carbocycles. The van der Waals surface area contributed by atoms with Crippen LogP contribution in [0.1, 0.15) is 11.1 Å². The molecule has 2 aromatic heterocycles. The Hall–Kier alpha value is -2.63. The molecule has 0 bridgehead atoms. The van der Waals surface area contributed by atoms with Gasteiger partial charge in [-0.3, -0.25) is 9.13 Å². The molecule has 0 saturated heterocycles. The van der Waals surface area contributed by atoms with Crippen molar-refractivity contribution in [3.8, 4) is 0 Å². The molecule has 0 spiro atoms. The van der Waals surface area contributed by atoms with E-state index in [1.165, 1.54) is 17.5 Å². The Morgan fingerprint density at radius 2 is 1.67 bits per heavy atom. The van der Waals surface area contributed by atoms with Crippen molar-refractivity contribution in [2.75, 3.05) is 4.90 Å². The lowest BCUT2D eigenvalue weighted by Gasteiger charge is -2.17. The van der Waals surface area contributed by atoms with Gasteiger partial charge in [0.05, 0.1) is 0 Å². The Morgan fingerprint density at radius 1 is 1.00 bits per heavy atom. The largest absolute Gasteiger partial charge is 0.346 e. The van der Waals surface area contributed by atoms with E-state index in [0.717, 1.165) is 24.4 Å². The Morgan fingerprint density at radius 3 is 2.33 bits per heavy atom. The second kappa shape index (κ2) is 4.18. The first-order chi connectivity index (χ1) is 10.2. The van der Waals surface area contributed by atoms with Gasteiger partial charge < -0.3 is 4.90 Å². The maximum Gasteiger partial charge on any atom is 0.329 e. The number of fused-ring (bicyclic) bond motifs is 2. The van der Waals surface area contributed by atoms with E-state index in [9.17, 15) is 4.79 Å². The van der Waals surface area contributed by atoms with Gasteiger partial charge in [0.1, 0.15) is 11.8 Å². The second-order valence-corrected chi connectivity index (χ2v) is 5.39.